The lowest BCUT2D eigenvalue weighted by molar-refractivity contribution is -0.140. The summed E-state index contributed by atoms with van der Waals surface area (Å²) in [5, 5.41) is 22.2. The molecule has 1 aromatic carbocycles. The Bertz CT molecular complexity index is 628. The number of carboxylic acid groups (broad SMARTS) is 1. The topological polar surface area (TPSA) is 95.3 Å². The number of anilines is 1. The van der Waals surface area contributed by atoms with Gasteiger partial charge in [0.25, 0.3) is 0 Å². The van der Waals surface area contributed by atoms with Crippen molar-refractivity contribution >= 4 is 22.7 Å². The molecule has 0 aliphatic rings. The molecule has 0 saturated heterocycles. The third-order valence-electron chi connectivity index (χ3n) is 3.15. The van der Waals surface area contributed by atoms with Crippen LogP contribution in [0.25, 0.3) is 10.9 Å². The van der Waals surface area contributed by atoms with Crippen LogP contribution in [0.4, 0.5) is 5.82 Å². The smallest absolute Gasteiger partial charge is 0.328 e. The number of fused-ring (bicyclic) bond motifs is 1. The van der Waals surface area contributed by atoms with Crippen LogP contribution in [-0.2, 0) is 11.2 Å². The van der Waals surface area contributed by atoms with Crippen molar-refractivity contribution in [2.75, 3.05) is 5.32 Å². The van der Waals surface area contributed by atoms with Crippen LogP contribution in [0.15, 0.2) is 24.5 Å². The lowest BCUT2D eigenvalue weighted by Gasteiger charge is -2.18. The summed E-state index contributed by atoms with van der Waals surface area (Å²) in [5.74, 6) is -0.711. The predicted octanol–water partition coefficient (Wildman–Crippen LogP) is 1.44. The number of aliphatic hydroxyl groups excluding tert-OH is 1. The van der Waals surface area contributed by atoms with E-state index in [4.69, 9.17) is 5.11 Å². The molecule has 106 valence electrons. The van der Waals surface area contributed by atoms with Crippen molar-refractivity contribution in [2.24, 2.45) is 0 Å². The molecule has 6 heteroatoms. The average molecular weight is 275 g/mol. The first kappa shape index (κ1) is 14.2. The number of rotatable bonds is 5. The average Bonchev–Trinajstić information content (AvgIpc) is 2.43. The molecule has 0 radical (unpaired) electrons. The van der Waals surface area contributed by atoms with E-state index in [0.717, 1.165) is 22.9 Å². The summed E-state index contributed by atoms with van der Waals surface area (Å²) in [6, 6.07) is 4.67. The number of nitrogens with one attached hydrogen (secondary N) is 1. The van der Waals surface area contributed by atoms with Crippen LogP contribution in [0.3, 0.4) is 0 Å². The highest BCUT2D eigenvalue weighted by atomic mass is 16.4. The zero-order valence-corrected chi connectivity index (χ0v) is 11.4. The lowest BCUT2D eigenvalue weighted by Crippen LogP contribution is -2.39. The Morgan fingerprint density at radius 1 is 1.40 bits per heavy atom. The standard InChI is InChI=1S/C14H17N3O3/c1-3-9-4-5-11-10(6-9)13(16-7-15-11)17-12(8(2)18)14(19)20/h4-8,12,18H,3H2,1-2H3,(H,19,20)(H,15,16,17). The minimum atomic E-state index is -1.13. The minimum absolute atomic E-state index is 0.415. The van der Waals surface area contributed by atoms with E-state index in [1.54, 1.807) is 0 Å². The Morgan fingerprint density at radius 3 is 2.75 bits per heavy atom. The van der Waals surface area contributed by atoms with E-state index in [1.807, 2.05) is 25.1 Å². The van der Waals surface area contributed by atoms with Crippen molar-refractivity contribution in [3.8, 4) is 0 Å². The first-order chi connectivity index (χ1) is 9.52. The van der Waals surface area contributed by atoms with Crippen LogP contribution in [0.5, 0.6) is 0 Å². The molecule has 0 spiro atoms. The van der Waals surface area contributed by atoms with Crippen LogP contribution in [0.1, 0.15) is 19.4 Å². The number of hydrogen-bond donors (Lipinski definition) is 3. The third-order valence-corrected chi connectivity index (χ3v) is 3.15. The number of hydrogen-bond acceptors (Lipinski definition) is 5. The minimum Gasteiger partial charge on any atom is -0.480 e. The van der Waals surface area contributed by atoms with Crippen LogP contribution in [0, 0.1) is 0 Å². The predicted molar refractivity (Wildman–Crippen MR) is 75.6 cm³/mol. The van der Waals surface area contributed by atoms with Gasteiger partial charge in [0.15, 0.2) is 6.04 Å². The summed E-state index contributed by atoms with van der Waals surface area (Å²) in [5.41, 5.74) is 1.84. The summed E-state index contributed by atoms with van der Waals surface area (Å²) < 4.78 is 0. The first-order valence-corrected chi connectivity index (χ1v) is 6.44. The molecule has 0 bridgehead atoms. The molecular weight excluding hydrogens is 258 g/mol. The summed E-state index contributed by atoms with van der Waals surface area (Å²) in [7, 11) is 0. The van der Waals surface area contributed by atoms with Gasteiger partial charge >= 0.3 is 5.97 Å². The van der Waals surface area contributed by atoms with E-state index in [9.17, 15) is 9.90 Å². The Kier molecular flexibility index (Phi) is 4.14. The van der Waals surface area contributed by atoms with Gasteiger partial charge in [-0.2, -0.15) is 0 Å². The molecule has 0 fully saturated rings. The summed E-state index contributed by atoms with van der Waals surface area (Å²) in [4.78, 5) is 19.4. The fourth-order valence-electron chi connectivity index (χ4n) is 1.97. The first-order valence-electron chi connectivity index (χ1n) is 6.44. The SMILES string of the molecule is CCc1ccc2ncnc(NC(C(=O)O)C(C)O)c2c1. The number of carboxylic acids is 1. The van der Waals surface area contributed by atoms with Gasteiger partial charge in [-0.1, -0.05) is 13.0 Å². The van der Waals surface area contributed by atoms with Gasteiger partial charge in [0, 0.05) is 5.39 Å². The molecule has 0 saturated carbocycles. The second kappa shape index (κ2) is 5.83. The number of aryl methyl sites for hydroxylation is 1. The van der Waals surface area contributed by atoms with Gasteiger partial charge < -0.3 is 15.5 Å². The second-order valence-corrected chi connectivity index (χ2v) is 4.63. The molecule has 1 aromatic heterocycles. The van der Waals surface area contributed by atoms with Crippen LogP contribution < -0.4 is 5.32 Å². The van der Waals surface area contributed by atoms with Crippen molar-refractivity contribution in [3.63, 3.8) is 0 Å². The highest BCUT2D eigenvalue weighted by Gasteiger charge is 2.24. The Labute approximate surface area is 116 Å². The van der Waals surface area contributed by atoms with E-state index < -0.39 is 18.1 Å². The maximum Gasteiger partial charge on any atom is 0.328 e. The monoisotopic (exact) mass is 275 g/mol. The van der Waals surface area contributed by atoms with Crippen molar-refractivity contribution in [2.45, 2.75) is 32.4 Å². The molecule has 6 nitrogen and oxygen atoms in total. The van der Waals surface area contributed by atoms with E-state index in [-0.39, 0.29) is 0 Å². The number of aliphatic carboxylic acids is 1. The fourth-order valence-corrected chi connectivity index (χ4v) is 1.97. The fraction of sp³-hybridized carbons (Fsp3) is 0.357. The molecule has 2 rings (SSSR count). The molecule has 0 aliphatic carbocycles. The van der Waals surface area contributed by atoms with E-state index >= 15 is 0 Å². The summed E-state index contributed by atoms with van der Waals surface area (Å²) in [6.45, 7) is 3.46. The van der Waals surface area contributed by atoms with Gasteiger partial charge in [-0.25, -0.2) is 14.8 Å². The van der Waals surface area contributed by atoms with Gasteiger partial charge in [0.2, 0.25) is 0 Å². The lowest BCUT2D eigenvalue weighted by atomic mass is 10.1. The quantitative estimate of drug-likeness (QED) is 0.764. The maximum atomic E-state index is 11.1. The molecule has 3 N–H and O–H groups in total. The molecule has 0 aliphatic heterocycles. The second-order valence-electron chi connectivity index (χ2n) is 4.63. The number of nitrogens with zero attached hydrogens (tertiary/aromatic N) is 2. The molecule has 2 aromatic rings. The molecule has 20 heavy (non-hydrogen) atoms. The Hall–Kier alpha value is -2.21. The molecule has 1 heterocycles. The maximum absolute atomic E-state index is 11.1. The highest BCUT2D eigenvalue weighted by Crippen LogP contribution is 2.22. The zero-order valence-electron chi connectivity index (χ0n) is 11.4. The van der Waals surface area contributed by atoms with Crippen molar-refractivity contribution in [1.29, 1.82) is 0 Å². The van der Waals surface area contributed by atoms with Crippen molar-refractivity contribution in [1.82, 2.24) is 9.97 Å². The van der Waals surface area contributed by atoms with Gasteiger partial charge in [0.05, 0.1) is 11.6 Å². The third kappa shape index (κ3) is 2.85. The highest BCUT2D eigenvalue weighted by molar-refractivity contribution is 5.91. The van der Waals surface area contributed by atoms with Gasteiger partial charge in [-0.05, 0) is 31.0 Å². The largest absolute Gasteiger partial charge is 0.480 e. The molecule has 2 atom stereocenters. The normalized spacial score (nSPS) is 13.9. The summed E-state index contributed by atoms with van der Waals surface area (Å²) in [6.07, 6.45) is 1.20. The van der Waals surface area contributed by atoms with Gasteiger partial charge in [-0.3, -0.25) is 0 Å². The summed E-state index contributed by atoms with van der Waals surface area (Å²) >= 11 is 0. The molecule has 2 unspecified atom stereocenters. The number of carbonyl (C=O) groups is 1. The van der Waals surface area contributed by atoms with Crippen LogP contribution in [0.2, 0.25) is 0 Å². The van der Waals surface area contributed by atoms with E-state index in [2.05, 4.69) is 15.3 Å². The molecular formula is C14H17N3O3. The zero-order chi connectivity index (χ0) is 14.7. The number of aromatic nitrogens is 2. The molecule has 0 amide bonds. The van der Waals surface area contributed by atoms with Crippen LogP contribution >= 0.6 is 0 Å². The van der Waals surface area contributed by atoms with E-state index in [1.165, 1.54) is 13.3 Å². The number of benzene rings is 1. The van der Waals surface area contributed by atoms with Crippen LogP contribution in [-0.4, -0.2) is 38.3 Å². The van der Waals surface area contributed by atoms with Gasteiger partial charge in [-0.15, -0.1) is 0 Å². The van der Waals surface area contributed by atoms with E-state index in [0.29, 0.717) is 5.82 Å². The number of aliphatic hydroxyl groups is 1. The Morgan fingerprint density at radius 2 is 2.15 bits per heavy atom. The van der Waals surface area contributed by atoms with Gasteiger partial charge in [0.1, 0.15) is 12.1 Å². The van der Waals surface area contributed by atoms with Crippen molar-refractivity contribution < 1.29 is 15.0 Å². The van der Waals surface area contributed by atoms with Crippen molar-refractivity contribution in [3.05, 3.63) is 30.1 Å². The Balaban J connectivity index is 2.45.